The zero-order valence-electron chi connectivity index (χ0n) is 13.0. The minimum Gasteiger partial charge on any atom is -0.481 e. The summed E-state index contributed by atoms with van der Waals surface area (Å²) in [5, 5.41) is 11.2. The Balaban J connectivity index is 1.93. The van der Waals surface area contributed by atoms with Crippen molar-refractivity contribution in [2.45, 2.75) is 19.4 Å². The van der Waals surface area contributed by atoms with E-state index in [0.29, 0.717) is 17.0 Å². The first-order valence-electron chi connectivity index (χ1n) is 7.10. The van der Waals surface area contributed by atoms with Crippen molar-refractivity contribution < 1.29 is 27.4 Å². The van der Waals surface area contributed by atoms with E-state index in [4.69, 9.17) is 10.00 Å². The van der Waals surface area contributed by atoms with E-state index in [-0.39, 0.29) is 5.75 Å². The first-order chi connectivity index (χ1) is 11.8. The molecular formula is C17H13F3N2O3. The molecule has 8 heteroatoms. The molecule has 0 aromatic heterocycles. The molecule has 25 heavy (non-hydrogen) atoms. The smallest absolute Gasteiger partial charge is 0.481 e. The second kappa shape index (κ2) is 7.57. The Morgan fingerprint density at radius 1 is 1.08 bits per heavy atom. The molecule has 0 fully saturated rings. The Labute approximate surface area is 141 Å². The molecule has 0 radical (unpaired) electrons. The van der Waals surface area contributed by atoms with Crippen LogP contribution in [0.1, 0.15) is 12.5 Å². The average Bonchev–Trinajstić information content (AvgIpc) is 2.56. The summed E-state index contributed by atoms with van der Waals surface area (Å²) in [5.74, 6) is -0.447. The van der Waals surface area contributed by atoms with Gasteiger partial charge in [-0.05, 0) is 55.5 Å². The predicted octanol–water partition coefficient (Wildman–Crippen LogP) is 3.86. The van der Waals surface area contributed by atoms with Crippen molar-refractivity contribution in [3.05, 3.63) is 54.1 Å². The third-order valence-corrected chi connectivity index (χ3v) is 3.02. The number of amides is 1. The number of anilines is 1. The van der Waals surface area contributed by atoms with E-state index in [1.807, 2.05) is 6.07 Å². The third-order valence-electron chi connectivity index (χ3n) is 3.02. The Hall–Kier alpha value is -3.21. The Bertz CT molecular complexity index is 766. The number of ether oxygens (including phenoxy) is 2. The number of hydrogen-bond donors (Lipinski definition) is 1. The van der Waals surface area contributed by atoms with Gasteiger partial charge in [-0.25, -0.2) is 0 Å². The molecule has 0 saturated carbocycles. The molecule has 0 aliphatic carbocycles. The SMILES string of the molecule is CC(Oc1ccc(C#N)cc1)C(=O)Nc1ccc(OC(F)(F)F)cc1. The van der Waals surface area contributed by atoms with Gasteiger partial charge in [0, 0.05) is 5.69 Å². The molecule has 5 nitrogen and oxygen atoms in total. The maximum Gasteiger partial charge on any atom is 0.573 e. The highest BCUT2D eigenvalue weighted by atomic mass is 19.4. The van der Waals surface area contributed by atoms with E-state index >= 15 is 0 Å². The number of benzene rings is 2. The van der Waals surface area contributed by atoms with Crippen LogP contribution in [0.3, 0.4) is 0 Å². The van der Waals surface area contributed by atoms with Gasteiger partial charge in [-0.3, -0.25) is 4.79 Å². The molecule has 2 aromatic carbocycles. The van der Waals surface area contributed by atoms with Crippen LogP contribution in [0.25, 0.3) is 0 Å². The van der Waals surface area contributed by atoms with Crippen molar-refractivity contribution in [2.75, 3.05) is 5.32 Å². The van der Waals surface area contributed by atoms with E-state index in [0.717, 1.165) is 12.1 Å². The first kappa shape index (κ1) is 18.1. The summed E-state index contributed by atoms with van der Waals surface area (Å²) in [7, 11) is 0. The normalized spacial score (nSPS) is 12.0. The number of halogens is 3. The predicted molar refractivity (Wildman–Crippen MR) is 83.0 cm³/mol. The largest absolute Gasteiger partial charge is 0.573 e. The zero-order valence-corrected chi connectivity index (χ0v) is 13.0. The minimum absolute atomic E-state index is 0.301. The van der Waals surface area contributed by atoms with Gasteiger partial charge >= 0.3 is 6.36 Å². The number of rotatable bonds is 5. The molecule has 0 aliphatic heterocycles. The van der Waals surface area contributed by atoms with Crippen LogP contribution in [0.5, 0.6) is 11.5 Å². The second-order valence-corrected chi connectivity index (χ2v) is 4.96. The average molecular weight is 350 g/mol. The Kier molecular flexibility index (Phi) is 5.49. The van der Waals surface area contributed by atoms with Crippen molar-refractivity contribution in [1.82, 2.24) is 0 Å². The Morgan fingerprint density at radius 2 is 1.64 bits per heavy atom. The van der Waals surface area contributed by atoms with Crippen molar-refractivity contribution in [3.8, 4) is 17.6 Å². The van der Waals surface area contributed by atoms with Crippen LogP contribution in [0.2, 0.25) is 0 Å². The van der Waals surface area contributed by atoms with Gasteiger partial charge in [0.05, 0.1) is 11.6 Å². The fraction of sp³-hybridized carbons (Fsp3) is 0.176. The number of alkyl halides is 3. The molecule has 1 N–H and O–H groups in total. The second-order valence-electron chi connectivity index (χ2n) is 4.96. The number of carbonyl (C=O) groups excluding carboxylic acids is 1. The number of nitrogens with one attached hydrogen (secondary N) is 1. The highest BCUT2D eigenvalue weighted by Gasteiger charge is 2.31. The van der Waals surface area contributed by atoms with Gasteiger partial charge in [-0.2, -0.15) is 5.26 Å². The maximum atomic E-state index is 12.1. The number of nitriles is 1. The lowest BCUT2D eigenvalue weighted by Crippen LogP contribution is -2.30. The topological polar surface area (TPSA) is 71.3 Å². The van der Waals surface area contributed by atoms with Crippen LogP contribution in [0, 0.1) is 11.3 Å². The fourth-order valence-electron chi connectivity index (χ4n) is 1.85. The monoisotopic (exact) mass is 350 g/mol. The van der Waals surface area contributed by atoms with Gasteiger partial charge in [0.2, 0.25) is 0 Å². The summed E-state index contributed by atoms with van der Waals surface area (Å²) in [6.07, 6.45) is -5.62. The van der Waals surface area contributed by atoms with Gasteiger partial charge in [0.1, 0.15) is 11.5 Å². The molecule has 2 aromatic rings. The maximum absolute atomic E-state index is 12.1. The van der Waals surface area contributed by atoms with Crippen LogP contribution in [0.15, 0.2) is 48.5 Å². The van der Waals surface area contributed by atoms with Crippen molar-refractivity contribution in [2.24, 2.45) is 0 Å². The molecule has 0 bridgehead atoms. The third kappa shape index (κ3) is 5.73. The van der Waals surface area contributed by atoms with Crippen molar-refractivity contribution >= 4 is 11.6 Å². The highest BCUT2D eigenvalue weighted by Crippen LogP contribution is 2.24. The lowest BCUT2D eigenvalue weighted by atomic mass is 10.2. The first-order valence-corrected chi connectivity index (χ1v) is 7.10. The molecule has 0 heterocycles. The lowest BCUT2D eigenvalue weighted by molar-refractivity contribution is -0.274. The summed E-state index contributed by atoms with van der Waals surface area (Å²) < 4.78 is 45.4. The molecular weight excluding hydrogens is 337 g/mol. The van der Waals surface area contributed by atoms with E-state index in [1.165, 1.54) is 19.1 Å². The Morgan fingerprint density at radius 3 is 2.16 bits per heavy atom. The highest BCUT2D eigenvalue weighted by molar-refractivity contribution is 5.94. The van der Waals surface area contributed by atoms with Gasteiger partial charge in [-0.15, -0.1) is 13.2 Å². The summed E-state index contributed by atoms with van der Waals surface area (Å²) in [6, 6.07) is 13.0. The number of nitrogens with zero attached hydrogens (tertiary/aromatic N) is 1. The van der Waals surface area contributed by atoms with Gasteiger partial charge in [-0.1, -0.05) is 0 Å². The van der Waals surface area contributed by atoms with Crippen LogP contribution in [0.4, 0.5) is 18.9 Å². The van der Waals surface area contributed by atoms with Gasteiger partial charge in [0.15, 0.2) is 6.10 Å². The molecule has 1 amide bonds. The van der Waals surface area contributed by atoms with Crippen molar-refractivity contribution in [3.63, 3.8) is 0 Å². The van der Waals surface area contributed by atoms with Gasteiger partial charge in [0.25, 0.3) is 5.91 Å². The van der Waals surface area contributed by atoms with E-state index in [2.05, 4.69) is 10.1 Å². The summed E-state index contributed by atoms with van der Waals surface area (Å²) >= 11 is 0. The molecule has 0 saturated heterocycles. The van der Waals surface area contributed by atoms with E-state index < -0.39 is 18.4 Å². The molecule has 130 valence electrons. The van der Waals surface area contributed by atoms with E-state index in [1.54, 1.807) is 24.3 Å². The summed E-state index contributed by atoms with van der Waals surface area (Å²) in [5.41, 5.74) is 0.764. The number of carbonyl (C=O) groups is 1. The minimum atomic E-state index is -4.77. The molecule has 1 unspecified atom stereocenters. The standard InChI is InChI=1S/C17H13F3N2O3/c1-11(24-14-6-2-12(10-21)3-7-14)16(23)22-13-4-8-15(9-5-13)25-17(18,19)20/h2-9,11H,1H3,(H,22,23). The zero-order chi connectivity index (χ0) is 18.4. The molecule has 0 aliphatic rings. The lowest BCUT2D eigenvalue weighted by Gasteiger charge is -2.15. The summed E-state index contributed by atoms with van der Waals surface area (Å²) in [4.78, 5) is 12.1. The van der Waals surface area contributed by atoms with Crippen LogP contribution >= 0.6 is 0 Å². The molecule has 1 atom stereocenters. The number of hydrogen-bond acceptors (Lipinski definition) is 4. The van der Waals surface area contributed by atoms with Crippen LogP contribution in [-0.4, -0.2) is 18.4 Å². The molecule has 2 rings (SSSR count). The fourth-order valence-corrected chi connectivity index (χ4v) is 1.85. The van der Waals surface area contributed by atoms with Gasteiger partial charge < -0.3 is 14.8 Å². The quantitative estimate of drug-likeness (QED) is 0.889. The van der Waals surface area contributed by atoms with Crippen LogP contribution in [-0.2, 0) is 4.79 Å². The van der Waals surface area contributed by atoms with Crippen LogP contribution < -0.4 is 14.8 Å². The van der Waals surface area contributed by atoms with E-state index in [9.17, 15) is 18.0 Å². The van der Waals surface area contributed by atoms with Crippen molar-refractivity contribution in [1.29, 1.82) is 5.26 Å². The molecule has 0 spiro atoms. The summed E-state index contributed by atoms with van der Waals surface area (Å²) in [6.45, 7) is 1.52.